The molecular weight excluding hydrogens is 587 g/mol. The molecule has 136 valence electrons. The molecule has 0 unspecified atom stereocenters. The van der Waals surface area contributed by atoms with Crippen molar-refractivity contribution >= 4 is 77.6 Å². The number of nitrogens with one attached hydrogen (secondary N) is 2. The van der Waals surface area contributed by atoms with Crippen LogP contribution in [0.1, 0.15) is 20.7 Å². The Labute approximate surface area is 187 Å². The Morgan fingerprint density at radius 1 is 0.704 bits per heavy atom. The van der Waals surface area contributed by atoms with Crippen molar-refractivity contribution in [3.63, 3.8) is 0 Å². The molecule has 0 fully saturated rings. The smallest absolute Gasteiger partial charge is 0.256 e. The van der Waals surface area contributed by atoms with Gasteiger partial charge in [-0.3, -0.25) is 9.59 Å². The molecule has 0 atom stereocenters. The van der Waals surface area contributed by atoms with E-state index >= 15 is 0 Å². The van der Waals surface area contributed by atoms with E-state index in [1.54, 1.807) is 42.5 Å². The van der Waals surface area contributed by atoms with Crippen LogP contribution in [0.2, 0.25) is 0 Å². The number of rotatable bonds is 4. The Morgan fingerprint density at radius 3 is 1.81 bits per heavy atom. The van der Waals surface area contributed by atoms with Gasteiger partial charge in [0.2, 0.25) is 0 Å². The molecule has 0 bridgehead atoms. The lowest BCUT2D eigenvalue weighted by atomic mass is 10.2. The molecule has 0 aromatic heterocycles. The second-order valence-electron chi connectivity index (χ2n) is 5.62. The molecule has 3 aromatic carbocycles. The van der Waals surface area contributed by atoms with Gasteiger partial charge in [0.1, 0.15) is 0 Å². The topological polar surface area (TPSA) is 58.2 Å². The Hall–Kier alpha value is -1.71. The van der Waals surface area contributed by atoms with E-state index in [0.29, 0.717) is 22.5 Å². The predicted octanol–water partition coefficient (Wildman–Crippen LogP) is 6.32. The maximum absolute atomic E-state index is 12.5. The minimum Gasteiger partial charge on any atom is -0.322 e. The van der Waals surface area contributed by atoms with Gasteiger partial charge in [0.05, 0.1) is 5.56 Å². The van der Waals surface area contributed by atoms with Gasteiger partial charge in [-0.1, -0.05) is 31.9 Å². The van der Waals surface area contributed by atoms with Crippen molar-refractivity contribution in [3.8, 4) is 0 Å². The quantitative estimate of drug-likeness (QED) is 0.345. The molecule has 4 nitrogen and oxygen atoms in total. The number of hydrogen-bond donors (Lipinski definition) is 2. The number of halogens is 3. The van der Waals surface area contributed by atoms with Crippen LogP contribution in [-0.2, 0) is 0 Å². The molecule has 0 heterocycles. The van der Waals surface area contributed by atoms with E-state index in [0.717, 1.165) is 12.5 Å². The van der Waals surface area contributed by atoms with Gasteiger partial charge in [0, 0.05) is 29.5 Å². The number of benzene rings is 3. The maximum atomic E-state index is 12.5. The second kappa shape index (κ2) is 8.99. The normalized spacial score (nSPS) is 10.3. The minimum atomic E-state index is -0.192. The molecule has 0 spiro atoms. The van der Waals surface area contributed by atoms with Crippen molar-refractivity contribution in [2.45, 2.75) is 0 Å². The summed E-state index contributed by atoms with van der Waals surface area (Å²) in [5.74, 6) is -0.379. The van der Waals surface area contributed by atoms with Crippen molar-refractivity contribution in [1.82, 2.24) is 0 Å². The summed E-state index contributed by atoms with van der Waals surface area (Å²) in [6.45, 7) is 0. The molecule has 3 aromatic rings. The molecular formula is C20H13Br2IN2O2. The summed E-state index contributed by atoms with van der Waals surface area (Å²) < 4.78 is 2.63. The van der Waals surface area contributed by atoms with E-state index in [2.05, 4.69) is 65.1 Å². The van der Waals surface area contributed by atoms with Crippen LogP contribution in [0, 0.1) is 3.57 Å². The molecule has 27 heavy (non-hydrogen) atoms. The highest BCUT2D eigenvalue weighted by molar-refractivity contribution is 14.1. The molecule has 0 aliphatic heterocycles. The third-order valence-corrected chi connectivity index (χ3v) is 5.64. The molecule has 0 saturated heterocycles. The highest BCUT2D eigenvalue weighted by atomic mass is 127. The fourth-order valence-corrected chi connectivity index (χ4v) is 3.52. The fourth-order valence-electron chi connectivity index (χ4n) is 2.31. The first-order valence-electron chi connectivity index (χ1n) is 7.86. The monoisotopic (exact) mass is 598 g/mol. The van der Waals surface area contributed by atoms with Gasteiger partial charge >= 0.3 is 0 Å². The van der Waals surface area contributed by atoms with Gasteiger partial charge in [0.15, 0.2) is 0 Å². The lowest BCUT2D eigenvalue weighted by molar-refractivity contribution is 0.101. The lowest BCUT2D eigenvalue weighted by Gasteiger charge is -2.09. The molecule has 3 rings (SSSR count). The third kappa shape index (κ3) is 5.40. The van der Waals surface area contributed by atoms with Gasteiger partial charge in [-0.05, 0) is 89.3 Å². The Balaban J connectivity index is 1.66. The first-order chi connectivity index (χ1) is 12.9. The molecule has 2 N–H and O–H groups in total. The van der Waals surface area contributed by atoms with Crippen LogP contribution in [-0.4, -0.2) is 11.8 Å². The summed E-state index contributed by atoms with van der Waals surface area (Å²) in [4.78, 5) is 24.7. The van der Waals surface area contributed by atoms with E-state index in [1.165, 1.54) is 0 Å². The van der Waals surface area contributed by atoms with Crippen LogP contribution in [0.5, 0.6) is 0 Å². The van der Waals surface area contributed by atoms with Gasteiger partial charge in [-0.25, -0.2) is 0 Å². The molecule has 0 aliphatic rings. The van der Waals surface area contributed by atoms with E-state index < -0.39 is 0 Å². The average molecular weight is 600 g/mol. The van der Waals surface area contributed by atoms with Gasteiger partial charge in [-0.2, -0.15) is 0 Å². The van der Waals surface area contributed by atoms with Crippen LogP contribution < -0.4 is 10.6 Å². The van der Waals surface area contributed by atoms with Crippen molar-refractivity contribution in [2.24, 2.45) is 0 Å². The highest BCUT2D eigenvalue weighted by Crippen LogP contribution is 2.21. The minimum absolute atomic E-state index is 0.188. The summed E-state index contributed by atoms with van der Waals surface area (Å²) in [6, 6.07) is 19.7. The van der Waals surface area contributed by atoms with Crippen molar-refractivity contribution < 1.29 is 9.59 Å². The van der Waals surface area contributed by atoms with Gasteiger partial charge in [0.25, 0.3) is 11.8 Å². The zero-order valence-corrected chi connectivity index (χ0v) is 19.1. The Morgan fingerprint density at radius 2 is 1.22 bits per heavy atom. The summed E-state index contributed by atoms with van der Waals surface area (Å²) in [5.41, 5.74) is 2.47. The zero-order valence-electron chi connectivity index (χ0n) is 13.8. The fraction of sp³-hybridized carbons (Fsp3) is 0. The predicted molar refractivity (Wildman–Crippen MR) is 123 cm³/mol. The van der Waals surface area contributed by atoms with E-state index in [-0.39, 0.29) is 11.8 Å². The van der Waals surface area contributed by atoms with Gasteiger partial charge in [-0.15, -0.1) is 0 Å². The molecule has 2 amide bonds. The van der Waals surface area contributed by atoms with E-state index in [4.69, 9.17) is 0 Å². The number of anilines is 2. The first-order valence-corrected chi connectivity index (χ1v) is 10.5. The number of carbonyl (C=O) groups excluding carboxylic acids is 2. The summed E-state index contributed by atoms with van der Waals surface area (Å²) in [7, 11) is 0. The second-order valence-corrected chi connectivity index (χ2v) is 8.61. The third-order valence-electron chi connectivity index (χ3n) is 3.68. The molecule has 7 heteroatoms. The van der Waals surface area contributed by atoms with Crippen LogP contribution in [0.4, 0.5) is 11.4 Å². The number of hydrogen-bond acceptors (Lipinski definition) is 2. The largest absolute Gasteiger partial charge is 0.322 e. The summed E-state index contributed by atoms with van der Waals surface area (Å²) >= 11 is 8.85. The number of carbonyl (C=O) groups is 2. The highest BCUT2D eigenvalue weighted by Gasteiger charge is 2.11. The average Bonchev–Trinajstić information content (AvgIpc) is 2.65. The van der Waals surface area contributed by atoms with Crippen molar-refractivity contribution in [3.05, 3.63) is 90.4 Å². The SMILES string of the molecule is O=C(Nc1ccc(NC(=O)c2cc(Br)ccc2I)cc1)c1ccc(Br)cc1. The van der Waals surface area contributed by atoms with E-state index in [9.17, 15) is 9.59 Å². The van der Waals surface area contributed by atoms with Crippen LogP contribution in [0.3, 0.4) is 0 Å². The Kier molecular flexibility index (Phi) is 6.67. The maximum Gasteiger partial charge on any atom is 0.256 e. The number of amides is 2. The van der Waals surface area contributed by atoms with Crippen LogP contribution >= 0.6 is 54.5 Å². The zero-order chi connectivity index (χ0) is 19.4. The molecule has 0 radical (unpaired) electrons. The Bertz CT molecular complexity index is 990. The van der Waals surface area contributed by atoms with Gasteiger partial charge < -0.3 is 10.6 Å². The van der Waals surface area contributed by atoms with Crippen LogP contribution in [0.25, 0.3) is 0 Å². The van der Waals surface area contributed by atoms with Crippen molar-refractivity contribution in [1.29, 1.82) is 0 Å². The lowest BCUT2D eigenvalue weighted by Crippen LogP contribution is -2.14. The van der Waals surface area contributed by atoms with E-state index in [1.807, 2.05) is 24.3 Å². The molecule has 0 aliphatic carbocycles. The van der Waals surface area contributed by atoms with Crippen molar-refractivity contribution in [2.75, 3.05) is 10.6 Å². The summed E-state index contributed by atoms with van der Waals surface area (Å²) in [6.07, 6.45) is 0. The summed E-state index contributed by atoms with van der Waals surface area (Å²) in [5, 5.41) is 5.69. The first kappa shape index (κ1) is 20.0. The standard InChI is InChI=1S/C20H13Br2IN2O2/c21-13-3-1-12(2-4-13)19(26)24-15-6-8-16(9-7-15)25-20(27)17-11-14(22)5-10-18(17)23/h1-11H,(H,24,26)(H,25,27). The van der Waals surface area contributed by atoms with Crippen LogP contribution in [0.15, 0.2) is 75.7 Å². The molecule has 0 saturated carbocycles.